The van der Waals surface area contributed by atoms with Crippen molar-refractivity contribution in [2.45, 2.75) is 25.9 Å². The lowest BCUT2D eigenvalue weighted by Gasteiger charge is -2.32. The van der Waals surface area contributed by atoms with Gasteiger partial charge in [0.1, 0.15) is 6.10 Å². The van der Waals surface area contributed by atoms with Crippen LogP contribution in [0.5, 0.6) is 0 Å². The van der Waals surface area contributed by atoms with Crippen LogP contribution in [0.4, 0.5) is 4.79 Å². The number of carbonyl (C=O) groups excluding carboxylic acids is 1. The monoisotopic (exact) mass is 342 g/mol. The maximum Gasteiger partial charge on any atom is 0.317 e. The molecule has 1 saturated heterocycles. The van der Waals surface area contributed by atoms with Gasteiger partial charge in [-0.05, 0) is 18.4 Å². The number of nitrogens with one attached hydrogen (secondary N) is 1. The summed E-state index contributed by atoms with van der Waals surface area (Å²) >= 11 is 0. The van der Waals surface area contributed by atoms with E-state index in [4.69, 9.17) is 4.74 Å². The third kappa shape index (κ3) is 4.39. The van der Waals surface area contributed by atoms with Crippen molar-refractivity contribution in [1.82, 2.24) is 20.0 Å². The Bertz CT molecular complexity index is 710. The van der Waals surface area contributed by atoms with E-state index in [0.29, 0.717) is 26.2 Å². The van der Waals surface area contributed by atoms with Gasteiger partial charge in [0, 0.05) is 31.9 Å². The molecule has 6 nitrogen and oxygen atoms in total. The molecule has 2 aromatic rings. The predicted molar refractivity (Wildman–Crippen MR) is 96.5 cm³/mol. The van der Waals surface area contributed by atoms with Crippen LogP contribution in [0.2, 0.25) is 0 Å². The number of aryl methyl sites for hydroxylation is 2. The van der Waals surface area contributed by atoms with Crippen LogP contribution in [0.3, 0.4) is 0 Å². The fourth-order valence-corrected chi connectivity index (χ4v) is 3.01. The first-order valence-corrected chi connectivity index (χ1v) is 8.72. The number of aromatic nitrogens is 2. The van der Waals surface area contributed by atoms with Crippen molar-refractivity contribution < 1.29 is 9.53 Å². The van der Waals surface area contributed by atoms with Crippen molar-refractivity contribution in [1.29, 1.82) is 0 Å². The highest BCUT2D eigenvalue weighted by atomic mass is 16.5. The van der Waals surface area contributed by atoms with Gasteiger partial charge < -0.3 is 15.0 Å². The number of benzene rings is 1. The molecule has 0 aliphatic carbocycles. The Hall–Kier alpha value is -2.34. The smallest absolute Gasteiger partial charge is 0.317 e. The largest absolute Gasteiger partial charge is 0.370 e. The summed E-state index contributed by atoms with van der Waals surface area (Å²) in [6.07, 6.45) is 3.62. The molecule has 134 valence electrons. The SMILES string of the molecule is Cc1ccc(C(C)CNC(=O)N2CCOC(c3cnn(C)c3)C2)cc1. The summed E-state index contributed by atoms with van der Waals surface area (Å²) in [7, 11) is 1.88. The van der Waals surface area contributed by atoms with Gasteiger partial charge in [0.15, 0.2) is 0 Å². The van der Waals surface area contributed by atoms with E-state index in [2.05, 4.69) is 48.5 Å². The summed E-state index contributed by atoms with van der Waals surface area (Å²) in [6.45, 7) is 6.53. The zero-order chi connectivity index (χ0) is 17.8. The molecule has 1 N–H and O–H groups in total. The number of urea groups is 1. The molecule has 3 rings (SSSR count). The van der Waals surface area contributed by atoms with Crippen LogP contribution >= 0.6 is 0 Å². The summed E-state index contributed by atoms with van der Waals surface area (Å²) in [5, 5.41) is 7.23. The van der Waals surface area contributed by atoms with Crippen LogP contribution in [-0.4, -0.2) is 47.0 Å². The summed E-state index contributed by atoms with van der Waals surface area (Å²) in [6, 6.07) is 8.43. The number of hydrogen-bond donors (Lipinski definition) is 1. The van der Waals surface area contributed by atoms with Gasteiger partial charge in [0.25, 0.3) is 0 Å². The van der Waals surface area contributed by atoms with Gasteiger partial charge in [-0.15, -0.1) is 0 Å². The average Bonchev–Trinajstić information content (AvgIpc) is 3.06. The van der Waals surface area contributed by atoms with E-state index in [1.54, 1.807) is 10.9 Å². The fraction of sp³-hybridized carbons (Fsp3) is 0.474. The Balaban J connectivity index is 1.53. The topological polar surface area (TPSA) is 59.4 Å². The highest BCUT2D eigenvalue weighted by Crippen LogP contribution is 2.22. The molecule has 1 aromatic carbocycles. The molecule has 0 radical (unpaired) electrons. The molecule has 1 aromatic heterocycles. The Kier molecular flexibility index (Phi) is 5.38. The van der Waals surface area contributed by atoms with E-state index in [-0.39, 0.29) is 18.1 Å². The number of morpholine rings is 1. The molecular formula is C19H26N4O2. The zero-order valence-corrected chi connectivity index (χ0v) is 15.1. The number of hydrogen-bond acceptors (Lipinski definition) is 3. The number of ether oxygens (including phenoxy) is 1. The molecule has 0 bridgehead atoms. The summed E-state index contributed by atoms with van der Waals surface area (Å²) in [5.41, 5.74) is 3.49. The molecule has 2 atom stereocenters. The summed E-state index contributed by atoms with van der Waals surface area (Å²) in [5.74, 6) is 0.278. The highest BCUT2D eigenvalue weighted by molar-refractivity contribution is 5.74. The van der Waals surface area contributed by atoms with Gasteiger partial charge in [0.2, 0.25) is 0 Å². The predicted octanol–water partition coefficient (Wildman–Crippen LogP) is 2.62. The first-order chi connectivity index (χ1) is 12.0. The lowest BCUT2D eigenvalue weighted by molar-refractivity contribution is -0.0154. The van der Waals surface area contributed by atoms with E-state index in [0.717, 1.165) is 5.56 Å². The van der Waals surface area contributed by atoms with Crippen LogP contribution in [0.1, 0.15) is 35.6 Å². The maximum atomic E-state index is 12.5. The van der Waals surface area contributed by atoms with Crippen LogP contribution in [0.15, 0.2) is 36.7 Å². The third-order valence-corrected chi connectivity index (χ3v) is 4.66. The van der Waals surface area contributed by atoms with Gasteiger partial charge >= 0.3 is 6.03 Å². The number of amides is 2. The lowest BCUT2D eigenvalue weighted by atomic mass is 10.0. The summed E-state index contributed by atoms with van der Waals surface area (Å²) < 4.78 is 7.54. The molecule has 1 fully saturated rings. The van der Waals surface area contributed by atoms with Gasteiger partial charge in [-0.3, -0.25) is 4.68 Å². The third-order valence-electron chi connectivity index (χ3n) is 4.66. The molecule has 25 heavy (non-hydrogen) atoms. The van der Waals surface area contributed by atoms with E-state index >= 15 is 0 Å². The molecule has 1 aliphatic rings. The lowest BCUT2D eigenvalue weighted by Crippen LogP contribution is -2.47. The van der Waals surface area contributed by atoms with Gasteiger partial charge in [-0.2, -0.15) is 5.10 Å². The van der Waals surface area contributed by atoms with Crippen molar-refractivity contribution in [3.05, 3.63) is 53.3 Å². The van der Waals surface area contributed by atoms with Crippen LogP contribution in [0.25, 0.3) is 0 Å². The van der Waals surface area contributed by atoms with E-state index in [1.165, 1.54) is 11.1 Å². The highest BCUT2D eigenvalue weighted by Gasteiger charge is 2.26. The fourth-order valence-electron chi connectivity index (χ4n) is 3.01. The Morgan fingerprint density at radius 3 is 2.84 bits per heavy atom. The molecule has 0 spiro atoms. The first kappa shape index (κ1) is 17.5. The molecule has 1 aliphatic heterocycles. The molecule has 0 saturated carbocycles. The molecule has 2 heterocycles. The Morgan fingerprint density at radius 1 is 1.40 bits per heavy atom. The van der Waals surface area contributed by atoms with Gasteiger partial charge in [0.05, 0.1) is 19.3 Å². The Morgan fingerprint density at radius 2 is 2.16 bits per heavy atom. The van der Waals surface area contributed by atoms with Crippen molar-refractivity contribution >= 4 is 6.03 Å². The zero-order valence-electron chi connectivity index (χ0n) is 15.1. The van der Waals surface area contributed by atoms with Crippen molar-refractivity contribution in [3.63, 3.8) is 0 Å². The number of nitrogens with zero attached hydrogens (tertiary/aromatic N) is 3. The molecule has 2 unspecified atom stereocenters. The number of rotatable bonds is 4. The number of carbonyl (C=O) groups is 1. The van der Waals surface area contributed by atoms with E-state index in [1.807, 2.05) is 18.1 Å². The van der Waals surface area contributed by atoms with Crippen LogP contribution < -0.4 is 5.32 Å². The normalized spacial score (nSPS) is 18.8. The van der Waals surface area contributed by atoms with E-state index < -0.39 is 0 Å². The quantitative estimate of drug-likeness (QED) is 0.929. The minimum absolute atomic E-state index is 0.0313. The second-order valence-corrected chi connectivity index (χ2v) is 6.75. The Labute approximate surface area is 148 Å². The van der Waals surface area contributed by atoms with Crippen LogP contribution in [0, 0.1) is 6.92 Å². The maximum absolute atomic E-state index is 12.5. The standard InChI is InChI=1S/C19H26N4O2/c1-14-4-6-16(7-5-14)15(2)10-20-19(24)23-8-9-25-18(13-23)17-11-21-22(3)12-17/h4-7,11-12,15,18H,8-10,13H2,1-3H3,(H,20,24). The minimum Gasteiger partial charge on any atom is -0.370 e. The van der Waals surface area contributed by atoms with Gasteiger partial charge in [-0.1, -0.05) is 36.8 Å². The second kappa shape index (κ2) is 7.70. The van der Waals surface area contributed by atoms with E-state index in [9.17, 15) is 4.79 Å². The summed E-state index contributed by atoms with van der Waals surface area (Å²) in [4.78, 5) is 14.3. The van der Waals surface area contributed by atoms with Crippen molar-refractivity contribution in [3.8, 4) is 0 Å². The molecular weight excluding hydrogens is 316 g/mol. The first-order valence-electron chi connectivity index (χ1n) is 8.72. The van der Waals surface area contributed by atoms with Crippen LogP contribution in [-0.2, 0) is 11.8 Å². The van der Waals surface area contributed by atoms with Gasteiger partial charge in [-0.25, -0.2) is 4.79 Å². The molecule has 2 amide bonds. The molecule has 6 heteroatoms. The second-order valence-electron chi connectivity index (χ2n) is 6.75. The minimum atomic E-state index is -0.109. The van der Waals surface area contributed by atoms with Crippen molar-refractivity contribution in [2.24, 2.45) is 7.05 Å². The average molecular weight is 342 g/mol. The van der Waals surface area contributed by atoms with Crippen molar-refractivity contribution in [2.75, 3.05) is 26.2 Å².